The van der Waals surface area contributed by atoms with Gasteiger partial charge in [-0.15, -0.1) is 0 Å². The van der Waals surface area contributed by atoms with E-state index in [1.54, 1.807) is 6.92 Å². The van der Waals surface area contributed by atoms with E-state index in [1.165, 1.54) is 6.42 Å². The average Bonchev–Trinajstić information content (AvgIpc) is 1.37. The molecule has 0 aromatic rings. The van der Waals surface area contributed by atoms with Crippen LogP contribution in [0.3, 0.4) is 0 Å². The summed E-state index contributed by atoms with van der Waals surface area (Å²) in [7, 11) is 0. The van der Waals surface area contributed by atoms with E-state index < -0.39 is 0 Å². The summed E-state index contributed by atoms with van der Waals surface area (Å²) >= 11 is 0. The molecular weight excluding hydrogens is 116 g/mol. The van der Waals surface area contributed by atoms with Gasteiger partial charge in [0.15, 0.2) is 0 Å². The summed E-state index contributed by atoms with van der Waals surface area (Å²) < 4.78 is 0. The van der Waals surface area contributed by atoms with Crippen molar-refractivity contribution in [3.8, 4) is 0 Å². The van der Waals surface area contributed by atoms with Crippen molar-refractivity contribution >= 4 is 6.29 Å². The Labute approximate surface area is 42.2 Å². The summed E-state index contributed by atoms with van der Waals surface area (Å²) in [5.41, 5.74) is 0. The Balaban J connectivity index is 0. The molecule has 0 saturated carbocycles. The molecule has 0 aliphatic heterocycles. The second-order valence-electron chi connectivity index (χ2n) is 0.469. The van der Waals surface area contributed by atoms with E-state index in [1.807, 2.05) is 0 Å². The van der Waals surface area contributed by atoms with Gasteiger partial charge in [0.05, 0.1) is 0 Å². The minimum absolute atomic E-state index is 0. The molecule has 0 bridgehead atoms. The van der Waals surface area contributed by atoms with Crippen LogP contribution in [0.1, 0.15) is 6.92 Å². The van der Waals surface area contributed by atoms with E-state index in [-0.39, 0.29) is 17.1 Å². The minimum Gasteiger partial charge on any atom is -0.338 e. The SMILES string of the molecule is C[CH-]C=O.[Cu+]. The molecule has 0 spiro atoms. The van der Waals surface area contributed by atoms with E-state index in [0.717, 1.165) is 6.29 Å². The van der Waals surface area contributed by atoms with E-state index in [2.05, 4.69) is 0 Å². The maximum atomic E-state index is 9.12. The van der Waals surface area contributed by atoms with E-state index in [9.17, 15) is 0 Å². The summed E-state index contributed by atoms with van der Waals surface area (Å²) in [6.45, 7) is 1.69. The van der Waals surface area contributed by atoms with E-state index in [4.69, 9.17) is 4.79 Å². The van der Waals surface area contributed by atoms with Crippen LogP contribution in [0, 0.1) is 6.42 Å². The molecule has 2 heteroatoms. The van der Waals surface area contributed by atoms with Crippen LogP contribution in [0.4, 0.5) is 0 Å². The fraction of sp³-hybridized carbons (Fsp3) is 0.333. The van der Waals surface area contributed by atoms with Crippen molar-refractivity contribution in [1.29, 1.82) is 0 Å². The van der Waals surface area contributed by atoms with Crippen molar-refractivity contribution in [3.05, 3.63) is 6.42 Å². The van der Waals surface area contributed by atoms with Gasteiger partial charge >= 0.3 is 17.1 Å². The number of aldehydes is 1. The molecule has 0 atom stereocenters. The Bertz CT molecular complexity index is 20.9. The summed E-state index contributed by atoms with van der Waals surface area (Å²) in [5.74, 6) is 0. The fourth-order valence-corrected chi connectivity index (χ4v) is 0. The molecule has 0 fully saturated rings. The van der Waals surface area contributed by atoms with Gasteiger partial charge in [-0.3, -0.25) is 0 Å². The molecule has 0 unspecified atom stereocenters. The van der Waals surface area contributed by atoms with Gasteiger partial charge in [-0.2, -0.15) is 6.92 Å². The normalized spacial score (nSPS) is 4.20. The van der Waals surface area contributed by atoms with Crippen molar-refractivity contribution in [2.75, 3.05) is 0 Å². The number of hydrogen-bond acceptors (Lipinski definition) is 1. The first-order chi connectivity index (χ1) is 1.91. The van der Waals surface area contributed by atoms with Crippen LogP contribution in [0.15, 0.2) is 0 Å². The fourth-order valence-electron chi connectivity index (χ4n) is 0. The third kappa shape index (κ3) is 15.3. The van der Waals surface area contributed by atoms with Crippen LogP contribution in [-0.2, 0) is 21.9 Å². The third-order valence-corrected chi connectivity index (χ3v) is 0.136. The number of rotatable bonds is 1. The molecule has 0 aliphatic carbocycles. The van der Waals surface area contributed by atoms with Crippen molar-refractivity contribution in [2.45, 2.75) is 6.92 Å². The number of carbonyl (C=O) groups is 1. The minimum atomic E-state index is 0. The van der Waals surface area contributed by atoms with Gasteiger partial charge in [-0.05, 0) is 6.29 Å². The molecule has 0 rings (SSSR count). The van der Waals surface area contributed by atoms with E-state index >= 15 is 0 Å². The Kier molecular flexibility index (Phi) is 16.0. The van der Waals surface area contributed by atoms with Crippen molar-refractivity contribution in [2.24, 2.45) is 0 Å². The largest absolute Gasteiger partial charge is 1.00 e. The van der Waals surface area contributed by atoms with Gasteiger partial charge in [0.1, 0.15) is 0 Å². The topological polar surface area (TPSA) is 17.1 Å². The number of carbonyl (C=O) groups excluding carboxylic acids is 1. The zero-order valence-corrected chi connectivity index (χ0v) is 3.81. The maximum absolute atomic E-state index is 9.12. The Morgan fingerprint density at radius 1 is 1.80 bits per heavy atom. The summed E-state index contributed by atoms with van der Waals surface area (Å²) in [6, 6.07) is 0. The molecular formula is C3H5CuO. The van der Waals surface area contributed by atoms with Crippen LogP contribution in [0.25, 0.3) is 0 Å². The van der Waals surface area contributed by atoms with Gasteiger partial charge in [-0.25, -0.2) is 0 Å². The van der Waals surface area contributed by atoms with Crippen LogP contribution in [0.2, 0.25) is 0 Å². The molecule has 34 valence electrons. The van der Waals surface area contributed by atoms with Crippen molar-refractivity contribution in [1.82, 2.24) is 0 Å². The molecule has 0 aromatic carbocycles. The average molecular weight is 121 g/mol. The predicted molar refractivity (Wildman–Crippen MR) is 16.0 cm³/mol. The molecule has 0 aliphatic rings. The Morgan fingerprint density at radius 3 is 2.00 bits per heavy atom. The summed E-state index contributed by atoms with van der Waals surface area (Å²) in [6.07, 6.45) is 2.19. The molecule has 0 aromatic heterocycles. The monoisotopic (exact) mass is 120 g/mol. The second-order valence-corrected chi connectivity index (χ2v) is 0.469. The quantitative estimate of drug-likeness (QED) is 0.278. The maximum Gasteiger partial charge on any atom is 1.00 e. The smallest absolute Gasteiger partial charge is 0.338 e. The zero-order valence-electron chi connectivity index (χ0n) is 2.86. The van der Waals surface area contributed by atoms with Crippen LogP contribution in [0.5, 0.6) is 0 Å². The van der Waals surface area contributed by atoms with Crippen molar-refractivity contribution < 1.29 is 21.9 Å². The molecule has 0 N–H and O–H groups in total. The first-order valence-electron chi connectivity index (χ1n) is 1.15. The number of hydrogen-bond donors (Lipinski definition) is 0. The summed E-state index contributed by atoms with van der Waals surface area (Å²) in [4.78, 5) is 9.12. The van der Waals surface area contributed by atoms with Gasteiger partial charge in [0.25, 0.3) is 0 Å². The zero-order chi connectivity index (χ0) is 3.41. The van der Waals surface area contributed by atoms with Crippen LogP contribution < -0.4 is 0 Å². The Hall–Kier alpha value is 0.0595. The summed E-state index contributed by atoms with van der Waals surface area (Å²) in [5, 5.41) is 0. The van der Waals surface area contributed by atoms with Gasteiger partial charge < -0.3 is 11.2 Å². The second kappa shape index (κ2) is 8.96. The Morgan fingerprint density at radius 2 is 2.00 bits per heavy atom. The van der Waals surface area contributed by atoms with Gasteiger partial charge in [-0.1, -0.05) is 0 Å². The molecule has 0 amide bonds. The molecule has 0 heterocycles. The van der Waals surface area contributed by atoms with Gasteiger partial charge in [0.2, 0.25) is 0 Å². The molecule has 1 nitrogen and oxygen atoms in total. The van der Waals surface area contributed by atoms with E-state index in [0.29, 0.717) is 0 Å². The van der Waals surface area contributed by atoms with Gasteiger partial charge in [0, 0.05) is 0 Å². The first-order valence-corrected chi connectivity index (χ1v) is 1.15. The predicted octanol–water partition coefficient (Wildman–Crippen LogP) is 0.407. The van der Waals surface area contributed by atoms with Crippen LogP contribution >= 0.6 is 0 Å². The molecule has 5 heavy (non-hydrogen) atoms. The van der Waals surface area contributed by atoms with Crippen molar-refractivity contribution in [3.63, 3.8) is 0 Å². The van der Waals surface area contributed by atoms with Crippen LogP contribution in [-0.4, -0.2) is 6.29 Å². The third-order valence-electron chi connectivity index (χ3n) is 0.136. The molecule has 0 radical (unpaired) electrons. The standard InChI is InChI=1S/C3H5O.Cu/c1-2-3-4;/h2-3H,1H3;/q-1;+1. The first kappa shape index (κ1) is 8.91. The molecule has 0 saturated heterocycles.